The van der Waals surface area contributed by atoms with E-state index in [0.29, 0.717) is 18.5 Å². The maximum Gasteiger partial charge on any atom is 0.238 e. The van der Waals surface area contributed by atoms with Gasteiger partial charge in [-0.2, -0.15) is 4.98 Å². The average molecular weight is 359 g/mol. The highest BCUT2D eigenvalue weighted by Crippen LogP contribution is 2.28. The van der Waals surface area contributed by atoms with E-state index >= 15 is 0 Å². The minimum atomic E-state index is -3.69. The molecule has 1 aliphatic heterocycles. The molecule has 1 saturated carbocycles. The van der Waals surface area contributed by atoms with E-state index in [1.54, 1.807) is 12.1 Å². The number of benzene rings is 1. The number of aromatic nitrogens is 2. The number of aryl methyl sites for hydroxylation is 1. The number of nitrogens with zero attached hydrogens (tertiary/aromatic N) is 3. The van der Waals surface area contributed by atoms with Crippen molar-refractivity contribution in [3.63, 3.8) is 0 Å². The maximum absolute atomic E-state index is 11.6. The predicted octanol–water partition coefficient (Wildman–Crippen LogP) is 1.57. The number of nitrogens with two attached hydrogens (primary N) is 1. The van der Waals surface area contributed by atoms with Crippen molar-refractivity contribution in [2.24, 2.45) is 5.14 Å². The van der Waals surface area contributed by atoms with Gasteiger partial charge in [0.1, 0.15) is 5.82 Å². The third kappa shape index (κ3) is 3.59. The van der Waals surface area contributed by atoms with Gasteiger partial charge in [0, 0.05) is 30.9 Å². The van der Waals surface area contributed by atoms with Crippen molar-refractivity contribution in [2.45, 2.75) is 43.7 Å². The number of rotatable bonds is 4. The van der Waals surface area contributed by atoms with E-state index in [0.717, 1.165) is 35.6 Å². The normalized spacial score (nSPS) is 17.3. The van der Waals surface area contributed by atoms with Crippen LogP contribution in [-0.4, -0.2) is 31.0 Å². The van der Waals surface area contributed by atoms with Gasteiger partial charge in [-0.15, -0.1) is 0 Å². The highest BCUT2D eigenvalue weighted by atomic mass is 32.2. The number of fused-ring (bicyclic) bond motifs is 1. The molecule has 2 aromatic rings. The van der Waals surface area contributed by atoms with E-state index in [-0.39, 0.29) is 4.90 Å². The van der Waals surface area contributed by atoms with Crippen molar-refractivity contribution in [1.82, 2.24) is 9.97 Å². The Morgan fingerprint density at radius 1 is 1.20 bits per heavy atom. The highest BCUT2D eigenvalue weighted by molar-refractivity contribution is 7.89. The van der Waals surface area contributed by atoms with E-state index in [9.17, 15) is 8.42 Å². The molecule has 1 aromatic carbocycles. The van der Waals surface area contributed by atoms with Gasteiger partial charge in [-0.25, -0.2) is 18.5 Å². The quantitative estimate of drug-likeness (QED) is 0.859. The molecule has 3 N–H and O–H groups in total. The van der Waals surface area contributed by atoms with Gasteiger partial charge in [0.05, 0.1) is 4.90 Å². The van der Waals surface area contributed by atoms with Gasteiger partial charge >= 0.3 is 0 Å². The number of nitrogens with one attached hydrogen (secondary N) is 1. The van der Waals surface area contributed by atoms with Crippen LogP contribution in [-0.2, 0) is 23.0 Å². The van der Waals surface area contributed by atoms with Crippen molar-refractivity contribution < 1.29 is 8.42 Å². The van der Waals surface area contributed by atoms with Crippen molar-refractivity contribution in [3.05, 3.63) is 41.1 Å². The molecular weight excluding hydrogens is 338 g/mol. The van der Waals surface area contributed by atoms with Gasteiger partial charge in [-0.3, -0.25) is 0 Å². The number of hydrogen-bond donors (Lipinski definition) is 2. The fraction of sp³-hybridized carbons (Fsp3) is 0.412. The Balaban J connectivity index is 1.62. The molecule has 2 aliphatic rings. The summed E-state index contributed by atoms with van der Waals surface area (Å²) in [4.78, 5) is 11.4. The molecule has 1 aromatic heterocycles. The van der Waals surface area contributed by atoms with Crippen LogP contribution in [0.2, 0.25) is 0 Å². The van der Waals surface area contributed by atoms with Crippen LogP contribution in [0, 0.1) is 6.92 Å². The van der Waals surface area contributed by atoms with E-state index in [4.69, 9.17) is 5.14 Å². The second-order valence-electron chi connectivity index (χ2n) is 6.76. The second kappa shape index (κ2) is 5.96. The molecule has 1 fully saturated rings. The van der Waals surface area contributed by atoms with Crippen LogP contribution in [0.1, 0.15) is 29.7 Å². The molecule has 8 heteroatoms. The third-order valence-corrected chi connectivity index (χ3v) is 5.50. The Morgan fingerprint density at radius 2 is 2.00 bits per heavy atom. The van der Waals surface area contributed by atoms with Gasteiger partial charge in [-0.05, 0) is 49.4 Å². The van der Waals surface area contributed by atoms with Crippen molar-refractivity contribution in [3.8, 4) is 0 Å². The number of anilines is 2. The fourth-order valence-electron chi connectivity index (χ4n) is 3.09. The number of sulfonamides is 1. The summed E-state index contributed by atoms with van der Waals surface area (Å²) in [7, 11) is -3.69. The second-order valence-corrected chi connectivity index (χ2v) is 8.32. The highest BCUT2D eigenvalue weighted by Gasteiger charge is 2.24. The lowest BCUT2D eigenvalue weighted by molar-refractivity contribution is 0.597. The zero-order valence-corrected chi connectivity index (χ0v) is 14.9. The van der Waals surface area contributed by atoms with Crippen LogP contribution < -0.4 is 15.4 Å². The first kappa shape index (κ1) is 16.3. The molecule has 4 rings (SSSR count). The molecule has 1 aliphatic carbocycles. The molecule has 25 heavy (non-hydrogen) atoms. The van der Waals surface area contributed by atoms with Gasteiger partial charge in [0.2, 0.25) is 16.0 Å². The molecule has 0 saturated heterocycles. The maximum atomic E-state index is 11.6. The Hall–Kier alpha value is -2.19. The van der Waals surface area contributed by atoms with Crippen LogP contribution in [0.4, 0.5) is 11.8 Å². The average Bonchev–Trinajstić information content (AvgIpc) is 3.36. The minimum Gasteiger partial charge on any atom is -0.352 e. The summed E-state index contributed by atoms with van der Waals surface area (Å²) in [6, 6.07) is 7.57. The topological polar surface area (TPSA) is 101 Å². The van der Waals surface area contributed by atoms with Gasteiger partial charge in [0.15, 0.2) is 0 Å². The summed E-state index contributed by atoms with van der Waals surface area (Å²) in [5.41, 5.74) is 3.05. The van der Waals surface area contributed by atoms with E-state index in [1.807, 2.05) is 19.1 Å². The smallest absolute Gasteiger partial charge is 0.238 e. The van der Waals surface area contributed by atoms with Crippen molar-refractivity contribution in [1.29, 1.82) is 0 Å². The first-order chi connectivity index (χ1) is 11.9. The monoisotopic (exact) mass is 359 g/mol. The Bertz CT molecular complexity index is 925. The van der Waals surface area contributed by atoms with Gasteiger partial charge < -0.3 is 10.2 Å². The molecular formula is C17H21N5O2S. The molecule has 0 atom stereocenters. The van der Waals surface area contributed by atoms with Crippen LogP contribution in [0.3, 0.4) is 0 Å². The van der Waals surface area contributed by atoms with E-state index in [1.165, 1.54) is 12.8 Å². The molecule has 0 unspecified atom stereocenters. The van der Waals surface area contributed by atoms with Crippen LogP contribution in [0.15, 0.2) is 29.2 Å². The SMILES string of the molecule is Cc1cc(N2CCc3ccc(S(N)(=O)=O)cc3C2)nc(NC2CC2)n1. The number of hydrogen-bond acceptors (Lipinski definition) is 6. The minimum absolute atomic E-state index is 0.156. The zero-order valence-electron chi connectivity index (χ0n) is 14.1. The summed E-state index contributed by atoms with van der Waals surface area (Å²) >= 11 is 0. The van der Waals surface area contributed by atoms with Crippen LogP contribution >= 0.6 is 0 Å². The van der Waals surface area contributed by atoms with E-state index < -0.39 is 10.0 Å². The fourth-order valence-corrected chi connectivity index (χ4v) is 3.66. The third-order valence-electron chi connectivity index (χ3n) is 4.59. The van der Waals surface area contributed by atoms with Crippen molar-refractivity contribution >= 4 is 21.8 Å². The molecule has 7 nitrogen and oxygen atoms in total. The first-order valence-electron chi connectivity index (χ1n) is 8.40. The van der Waals surface area contributed by atoms with Gasteiger partial charge in [-0.1, -0.05) is 6.07 Å². The van der Waals surface area contributed by atoms with Crippen LogP contribution in [0.25, 0.3) is 0 Å². The Kier molecular flexibility index (Phi) is 3.88. The van der Waals surface area contributed by atoms with E-state index in [2.05, 4.69) is 20.2 Å². The zero-order chi connectivity index (χ0) is 17.6. The summed E-state index contributed by atoms with van der Waals surface area (Å²) < 4.78 is 23.2. The predicted molar refractivity (Wildman–Crippen MR) is 96.0 cm³/mol. The van der Waals surface area contributed by atoms with Crippen molar-refractivity contribution in [2.75, 3.05) is 16.8 Å². The lowest BCUT2D eigenvalue weighted by Crippen LogP contribution is -2.31. The van der Waals surface area contributed by atoms with Gasteiger partial charge in [0.25, 0.3) is 0 Å². The molecule has 0 radical (unpaired) electrons. The summed E-state index contributed by atoms with van der Waals surface area (Å²) in [5.74, 6) is 1.53. The molecule has 132 valence electrons. The molecule has 0 spiro atoms. The Labute approximate surface area is 147 Å². The standard InChI is InChI=1S/C17H21N5O2S/c1-11-8-16(21-17(19-11)20-14-3-4-14)22-7-6-12-2-5-15(25(18,23)24)9-13(12)10-22/h2,5,8-9,14H,3-4,6-7,10H2,1H3,(H2,18,23,24)(H,19,20,21). The van der Waals surface area contributed by atoms with Crippen LogP contribution in [0.5, 0.6) is 0 Å². The molecule has 0 amide bonds. The number of primary sulfonamides is 1. The lowest BCUT2D eigenvalue weighted by Gasteiger charge is -2.30. The summed E-state index contributed by atoms with van der Waals surface area (Å²) in [6.07, 6.45) is 3.18. The Morgan fingerprint density at radius 3 is 2.72 bits per heavy atom. The summed E-state index contributed by atoms with van der Waals surface area (Å²) in [5, 5.41) is 8.60. The largest absolute Gasteiger partial charge is 0.352 e. The lowest BCUT2D eigenvalue weighted by atomic mass is 10.00. The molecule has 0 bridgehead atoms. The first-order valence-corrected chi connectivity index (χ1v) is 9.95. The molecule has 2 heterocycles. The summed E-state index contributed by atoms with van der Waals surface area (Å²) in [6.45, 7) is 3.40.